The zero-order valence-electron chi connectivity index (χ0n) is 18.0. The highest BCUT2D eigenvalue weighted by molar-refractivity contribution is 7.93. The van der Waals surface area contributed by atoms with Gasteiger partial charge >= 0.3 is 6.09 Å². The number of aliphatic hydroxyl groups is 1. The van der Waals surface area contributed by atoms with E-state index in [4.69, 9.17) is 5.11 Å². The smallest absolute Gasteiger partial charge is 0.407 e. The van der Waals surface area contributed by atoms with Gasteiger partial charge in [-0.3, -0.25) is 4.72 Å². The molecule has 2 aromatic carbocycles. The van der Waals surface area contributed by atoms with Gasteiger partial charge in [-0.2, -0.15) is 0 Å². The summed E-state index contributed by atoms with van der Waals surface area (Å²) < 4.78 is 55.9. The SMILES string of the molecule is CC(O)c1ccc(NS(=O)(=O)c2cccc(S(=O)(=O)NCC3CCN(C(=O)O)CC3)c2)cc1. The fourth-order valence-corrected chi connectivity index (χ4v) is 5.83. The molecule has 0 aromatic heterocycles. The van der Waals surface area contributed by atoms with Crippen molar-refractivity contribution in [1.82, 2.24) is 9.62 Å². The topological polar surface area (TPSA) is 153 Å². The standard InChI is InChI=1S/C21H27N3O7S2/c1-15(25)17-5-7-18(8-6-17)23-33(30,31)20-4-2-3-19(13-20)32(28,29)22-14-16-9-11-24(12-10-16)21(26)27/h2-8,13,15-16,22-23,25H,9-12,14H2,1H3,(H,26,27). The van der Waals surface area contributed by atoms with Gasteiger partial charge in [-0.15, -0.1) is 0 Å². The molecule has 1 saturated heterocycles. The lowest BCUT2D eigenvalue weighted by atomic mass is 9.97. The van der Waals surface area contributed by atoms with Gasteiger partial charge in [-0.05, 0) is 61.6 Å². The van der Waals surface area contributed by atoms with Gasteiger partial charge in [0, 0.05) is 25.3 Å². The largest absolute Gasteiger partial charge is 0.465 e. The quantitative estimate of drug-likeness (QED) is 0.436. The Morgan fingerprint density at radius 1 is 1.03 bits per heavy atom. The summed E-state index contributed by atoms with van der Waals surface area (Å²) in [5, 5.41) is 18.6. The van der Waals surface area contributed by atoms with Crippen molar-refractivity contribution in [2.75, 3.05) is 24.4 Å². The number of carbonyl (C=O) groups is 1. The van der Waals surface area contributed by atoms with Gasteiger partial charge < -0.3 is 15.1 Å². The van der Waals surface area contributed by atoms with Crippen LogP contribution in [0.1, 0.15) is 31.4 Å². The van der Waals surface area contributed by atoms with E-state index >= 15 is 0 Å². The van der Waals surface area contributed by atoms with Crippen LogP contribution in [0.2, 0.25) is 0 Å². The highest BCUT2D eigenvalue weighted by Crippen LogP contribution is 2.22. The maximum absolute atomic E-state index is 12.8. The number of aliphatic hydroxyl groups excluding tert-OH is 1. The minimum absolute atomic E-state index is 0.00596. The summed E-state index contributed by atoms with van der Waals surface area (Å²) in [6.07, 6.45) is -0.587. The van der Waals surface area contributed by atoms with E-state index in [0.29, 0.717) is 31.5 Å². The van der Waals surface area contributed by atoms with E-state index in [0.717, 1.165) is 6.07 Å². The molecule has 1 amide bonds. The first kappa shape index (κ1) is 25.0. The second-order valence-electron chi connectivity index (χ2n) is 7.94. The number of benzene rings is 2. The van der Waals surface area contributed by atoms with Crippen LogP contribution in [0.4, 0.5) is 10.5 Å². The molecule has 33 heavy (non-hydrogen) atoms. The van der Waals surface area contributed by atoms with Crippen molar-refractivity contribution in [2.45, 2.75) is 35.7 Å². The average Bonchev–Trinajstić information content (AvgIpc) is 2.78. The summed E-state index contributed by atoms with van der Waals surface area (Å²) in [6, 6.07) is 11.3. The van der Waals surface area contributed by atoms with Crippen LogP contribution in [0.3, 0.4) is 0 Å². The van der Waals surface area contributed by atoms with E-state index in [1.165, 1.54) is 35.2 Å². The Morgan fingerprint density at radius 3 is 2.15 bits per heavy atom. The predicted octanol–water partition coefficient (Wildman–Crippen LogP) is 2.21. The molecule has 1 aliphatic heterocycles. The number of hydrogen-bond donors (Lipinski definition) is 4. The van der Waals surface area contributed by atoms with Crippen LogP contribution < -0.4 is 9.44 Å². The number of piperidine rings is 1. The number of hydrogen-bond acceptors (Lipinski definition) is 6. The van der Waals surface area contributed by atoms with Gasteiger partial charge in [-0.25, -0.2) is 26.4 Å². The summed E-state index contributed by atoms with van der Waals surface area (Å²) >= 11 is 0. The van der Waals surface area contributed by atoms with Gasteiger partial charge in [-0.1, -0.05) is 18.2 Å². The Bertz CT molecular complexity index is 1190. The van der Waals surface area contributed by atoms with Crippen molar-refractivity contribution in [3.63, 3.8) is 0 Å². The molecule has 1 aliphatic rings. The second kappa shape index (κ2) is 10.1. The average molecular weight is 498 g/mol. The molecule has 4 N–H and O–H groups in total. The molecule has 0 radical (unpaired) electrons. The molecular formula is C21H27N3O7S2. The lowest BCUT2D eigenvalue weighted by Gasteiger charge is -2.29. The Morgan fingerprint density at radius 2 is 1.61 bits per heavy atom. The van der Waals surface area contributed by atoms with E-state index in [-0.39, 0.29) is 27.9 Å². The first-order valence-electron chi connectivity index (χ1n) is 10.4. The number of anilines is 1. The van der Waals surface area contributed by atoms with E-state index < -0.39 is 32.2 Å². The third-order valence-electron chi connectivity index (χ3n) is 5.52. The Hall–Kier alpha value is -2.67. The summed E-state index contributed by atoms with van der Waals surface area (Å²) in [4.78, 5) is 11.9. The molecule has 0 bridgehead atoms. The minimum atomic E-state index is -4.04. The third-order valence-corrected chi connectivity index (χ3v) is 8.32. The van der Waals surface area contributed by atoms with Crippen molar-refractivity contribution in [3.8, 4) is 0 Å². The van der Waals surface area contributed by atoms with Crippen LogP contribution in [-0.4, -0.2) is 57.7 Å². The minimum Gasteiger partial charge on any atom is -0.465 e. The molecule has 2 aromatic rings. The van der Waals surface area contributed by atoms with Gasteiger partial charge in [0.05, 0.1) is 15.9 Å². The predicted molar refractivity (Wildman–Crippen MR) is 122 cm³/mol. The Balaban J connectivity index is 1.68. The lowest BCUT2D eigenvalue weighted by Crippen LogP contribution is -2.40. The molecule has 0 spiro atoms. The monoisotopic (exact) mass is 497 g/mol. The van der Waals surface area contributed by atoms with Crippen LogP contribution in [0.15, 0.2) is 58.3 Å². The zero-order valence-corrected chi connectivity index (χ0v) is 19.6. The fourth-order valence-electron chi connectivity index (χ4n) is 3.49. The maximum Gasteiger partial charge on any atom is 0.407 e. The third kappa shape index (κ3) is 6.44. The molecule has 12 heteroatoms. The molecule has 1 fully saturated rings. The second-order valence-corrected chi connectivity index (χ2v) is 11.4. The van der Waals surface area contributed by atoms with E-state index in [9.17, 15) is 26.7 Å². The molecule has 1 heterocycles. The molecule has 180 valence electrons. The summed E-state index contributed by atoms with van der Waals surface area (Å²) in [5.74, 6) is -0.00596. The molecule has 0 aliphatic carbocycles. The number of likely N-dealkylation sites (tertiary alicyclic amines) is 1. The molecule has 1 unspecified atom stereocenters. The van der Waals surface area contributed by atoms with E-state index in [2.05, 4.69) is 9.44 Å². The van der Waals surface area contributed by atoms with Crippen LogP contribution >= 0.6 is 0 Å². The summed E-state index contributed by atoms with van der Waals surface area (Å²) in [7, 11) is -8.00. The normalized spacial score (nSPS) is 16.4. The highest BCUT2D eigenvalue weighted by atomic mass is 32.2. The van der Waals surface area contributed by atoms with Crippen LogP contribution in [0.25, 0.3) is 0 Å². The van der Waals surface area contributed by atoms with E-state index in [1.54, 1.807) is 19.1 Å². The highest BCUT2D eigenvalue weighted by Gasteiger charge is 2.25. The molecule has 10 nitrogen and oxygen atoms in total. The van der Waals surface area contributed by atoms with Crippen molar-refractivity contribution in [1.29, 1.82) is 0 Å². The summed E-state index contributed by atoms with van der Waals surface area (Å²) in [6.45, 7) is 2.43. The van der Waals surface area contributed by atoms with Crippen molar-refractivity contribution in [2.24, 2.45) is 5.92 Å². The lowest BCUT2D eigenvalue weighted by molar-refractivity contribution is 0.125. The van der Waals surface area contributed by atoms with Gasteiger partial charge in [0.1, 0.15) is 0 Å². The molecule has 3 rings (SSSR count). The Kier molecular flexibility index (Phi) is 7.62. The fraction of sp³-hybridized carbons (Fsp3) is 0.381. The molecular weight excluding hydrogens is 470 g/mol. The maximum atomic E-state index is 12.8. The van der Waals surface area contributed by atoms with Crippen molar-refractivity contribution in [3.05, 3.63) is 54.1 Å². The number of rotatable bonds is 8. The van der Waals surface area contributed by atoms with Crippen molar-refractivity contribution >= 4 is 31.8 Å². The zero-order chi connectivity index (χ0) is 24.2. The number of nitrogens with zero attached hydrogens (tertiary/aromatic N) is 1. The van der Waals surface area contributed by atoms with Crippen LogP contribution in [-0.2, 0) is 20.0 Å². The van der Waals surface area contributed by atoms with E-state index in [1.807, 2.05) is 0 Å². The summed E-state index contributed by atoms with van der Waals surface area (Å²) in [5.41, 5.74) is 0.907. The number of nitrogens with one attached hydrogen (secondary N) is 2. The number of carboxylic acid groups (broad SMARTS) is 1. The van der Waals surface area contributed by atoms with Crippen molar-refractivity contribution < 1.29 is 31.8 Å². The Labute approximate surface area is 193 Å². The van der Waals surface area contributed by atoms with Gasteiger partial charge in [0.2, 0.25) is 10.0 Å². The van der Waals surface area contributed by atoms with Crippen LogP contribution in [0, 0.1) is 5.92 Å². The number of sulfonamides is 2. The first-order chi connectivity index (χ1) is 15.5. The molecule has 0 saturated carbocycles. The van der Waals surface area contributed by atoms with Crippen LogP contribution in [0.5, 0.6) is 0 Å². The van der Waals surface area contributed by atoms with Gasteiger partial charge in [0.15, 0.2) is 0 Å². The first-order valence-corrected chi connectivity index (χ1v) is 13.3. The number of amides is 1. The molecule has 1 atom stereocenters. The van der Waals surface area contributed by atoms with Gasteiger partial charge in [0.25, 0.3) is 10.0 Å².